The van der Waals surface area contributed by atoms with Gasteiger partial charge >= 0.3 is 12.1 Å². The van der Waals surface area contributed by atoms with E-state index in [1.165, 1.54) is 0 Å². The van der Waals surface area contributed by atoms with Crippen LogP contribution in [0.2, 0.25) is 0 Å². The van der Waals surface area contributed by atoms with Gasteiger partial charge in [0.15, 0.2) is 0 Å². The molecule has 1 rings (SSSR count). The number of ether oxygens (including phenoxy) is 2. The first-order chi connectivity index (χ1) is 10.8. The Morgan fingerprint density at radius 3 is 2.57 bits per heavy atom. The minimum Gasteiger partial charge on any atom is -0.466 e. The molecule has 6 heteroatoms. The summed E-state index contributed by atoms with van der Waals surface area (Å²) in [7, 11) is 0. The Labute approximate surface area is 139 Å². The molecule has 1 aliphatic rings. The van der Waals surface area contributed by atoms with Crippen molar-refractivity contribution in [2.75, 3.05) is 19.7 Å². The van der Waals surface area contributed by atoms with Crippen molar-refractivity contribution in [2.45, 2.75) is 71.4 Å². The Kier molecular flexibility index (Phi) is 8.37. The van der Waals surface area contributed by atoms with Gasteiger partial charge in [-0.1, -0.05) is 6.42 Å². The van der Waals surface area contributed by atoms with Crippen LogP contribution in [0.5, 0.6) is 0 Å². The summed E-state index contributed by atoms with van der Waals surface area (Å²) in [4.78, 5) is 23.3. The van der Waals surface area contributed by atoms with Crippen LogP contribution < -0.4 is 10.6 Å². The second-order valence-corrected chi connectivity index (χ2v) is 7.05. The van der Waals surface area contributed by atoms with E-state index in [9.17, 15) is 9.59 Å². The Hall–Kier alpha value is -1.30. The van der Waals surface area contributed by atoms with E-state index in [1.807, 2.05) is 27.7 Å². The van der Waals surface area contributed by atoms with E-state index in [1.54, 1.807) is 0 Å². The van der Waals surface area contributed by atoms with E-state index in [-0.39, 0.29) is 18.0 Å². The largest absolute Gasteiger partial charge is 0.466 e. The number of hydrogen-bond donors (Lipinski definition) is 2. The molecule has 0 aliphatic heterocycles. The topological polar surface area (TPSA) is 76.7 Å². The third-order valence-electron chi connectivity index (χ3n) is 3.75. The van der Waals surface area contributed by atoms with Crippen LogP contribution in [0, 0.1) is 5.92 Å². The summed E-state index contributed by atoms with van der Waals surface area (Å²) in [5, 5.41) is 6.22. The molecular weight excluding hydrogens is 296 g/mol. The van der Waals surface area contributed by atoms with Gasteiger partial charge in [0.25, 0.3) is 0 Å². The summed E-state index contributed by atoms with van der Waals surface area (Å²) in [5.41, 5.74) is -0.466. The summed E-state index contributed by atoms with van der Waals surface area (Å²) < 4.78 is 10.3. The molecule has 0 spiro atoms. The van der Waals surface area contributed by atoms with Gasteiger partial charge in [-0.2, -0.15) is 0 Å². The zero-order valence-corrected chi connectivity index (χ0v) is 14.9. The van der Waals surface area contributed by atoms with Crippen LogP contribution in [0.3, 0.4) is 0 Å². The maximum absolute atomic E-state index is 11.8. The van der Waals surface area contributed by atoms with Crippen LogP contribution >= 0.6 is 0 Å². The number of carbonyl (C=O) groups excluding carboxylic acids is 2. The van der Waals surface area contributed by atoms with E-state index in [4.69, 9.17) is 9.47 Å². The standard InChI is InChI=1S/C17H32N2O4/c1-5-22-15(20)13-8-6-9-14(12-13)18-10-7-11-19-16(21)23-17(2,3)4/h13-14,18H,5-12H2,1-4H3,(H,19,21). The van der Waals surface area contributed by atoms with Crippen LogP contribution in [-0.4, -0.2) is 43.4 Å². The number of amides is 1. The SMILES string of the molecule is CCOC(=O)C1CCCC(NCCCNC(=O)OC(C)(C)C)C1. The molecule has 0 bridgehead atoms. The van der Waals surface area contributed by atoms with Crippen molar-refractivity contribution in [3.05, 3.63) is 0 Å². The van der Waals surface area contributed by atoms with Gasteiger partial charge in [-0.05, 0) is 59.9 Å². The lowest BCUT2D eigenvalue weighted by molar-refractivity contribution is -0.149. The quantitative estimate of drug-likeness (QED) is 0.555. The fourth-order valence-electron chi connectivity index (χ4n) is 2.75. The third-order valence-corrected chi connectivity index (χ3v) is 3.75. The molecule has 2 N–H and O–H groups in total. The highest BCUT2D eigenvalue weighted by molar-refractivity contribution is 5.72. The van der Waals surface area contributed by atoms with Crippen LogP contribution in [0.15, 0.2) is 0 Å². The molecule has 23 heavy (non-hydrogen) atoms. The third kappa shape index (κ3) is 8.79. The Morgan fingerprint density at radius 1 is 1.17 bits per heavy atom. The zero-order chi connectivity index (χ0) is 17.3. The highest BCUT2D eigenvalue weighted by atomic mass is 16.6. The highest BCUT2D eigenvalue weighted by Gasteiger charge is 2.27. The number of esters is 1. The fraction of sp³-hybridized carbons (Fsp3) is 0.882. The maximum Gasteiger partial charge on any atom is 0.407 e. The first-order valence-electron chi connectivity index (χ1n) is 8.68. The van der Waals surface area contributed by atoms with Crippen LogP contribution in [0.25, 0.3) is 0 Å². The first-order valence-corrected chi connectivity index (χ1v) is 8.68. The van der Waals surface area contributed by atoms with E-state index in [2.05, 4.69) is 10.6 Å². The van der Waals surface area contributed by atoms with Crippen LogP contribution in [-0.2, 0) is 14.3 Å². The van der Waals surface area contributed by atoms with Crippen LogP contribution in [0.1, 0.15) is 59.8 Å². The van der Waals surface area contributed by atoms with Crippen molar-refractivity contribution in [2.24, 2.45) is 5.92 Å². The molecule has 1 aliphatic carbocycles. The van der Waals surface area contributed by atoms with E-state index in [0.717, 1.165) is 38.6 Å². The summed E-state index contributed by atoms with van der Waals surface area (Å²) in [6, 6.07) is 0.361. The molecule has 0 radical (unpaired) electrons. The number of hydrogen-bond acceptors (Lipinski definition) is 5. The zero-order valence-electron chi connectivity index (χ0n) is 14.9. The van der Waals surface area contributed by atoms with Crippen molar-refractivity contribution in [3.8, 4) is 0 Å². The van der Waals surface area contributed by atoms with Gasteiger partial charge in [-0.15, -0.1) is 0 Å². The molecule has 1 amide bonds. The highest BCUT2D eigenvalue weighted by Crippen LogP contribution is 2.25. The second kappa shape index (κ2) is 9.75. The molecule has 1 saturated carbocycles. The molecule has 6 nitrogen and oxygen atoms in total. The summed E-state index contributed by atoms with van der Waals surface area (Å²) in [5.74, 6) is -0.0355. The van der Waals surface area contributed by atoms with Gasteiger partial charge in [-0.25, -0.2) is 4.79 Å². The van der Waals surface area contributed by atoms with Crippen molar-refractivity contribution in [1.29, 1.82) is 0 Å². The molecule has 2 unspecified atom stereocenters. The molecular formula is C17H32N2O4. The smallest absolute Gasteiger partial charge is 0.407 e. The van der Waals surface area contributed by atoms with E-state index in [0.29, 0.717) is 19.2 Å². The monoisotopic (exact) mass is 328 g/mol. The number of alkyl carbamates (subject to hydrolysis) is 1. The number of nitrogens with one attached hydrogen (secondary N) is 2. The molecule has 0 aromatic heterocycles. The minimum absolute atomic E-state index is 0.0288. The normalized spacial score (nSPS) is 21.6. The Balaban J connectivity index is 2.13. The fourth-order valence-corrected chi connectivity index (χ4v) is 2.75. The summed E-state index contributed by atoms with van der Waals surface area (Å²) >= 11 is 0. The van der Waals surface area contributed by atoms with E-state index < -0.39 is 5.60 Å². The molecule has 0 aromatic carbocycles. The average Bonchev–Trinajstić information content (AvgIpc) is 2.45. The summed E-state index contributed by atoms with van der Waals surface area (Å²) in [6.07, 6.45) is 4.37. The Morgan fingerprint density at radius 2 is 1.91 bits per heavy atom. The number of rotatable bonds is 7. The summed E-state index contributed by atoms with van der Waals surface area (Å²) in [6.45, 7) is 9.22. The molecule has 0 heterocycles. The lowest BCUT2D eigenvalue weighted by Crippen LogP contribution is -2.38. The predicted octanol–water partition coefficient (Wildman–Crippen LogP) is 2.61. The first kappa shape index (κ1) is 19.7. The second-order valence-electron chi connectivity index (χ2n) is 7.05. The lowest BCUT2D eigenvalue weighted by atomic mass is 9.85. The van der Waals surface area contributed by atoms with Gasteiger partial charge in [0.2, 0.25) is 0 Å². The minimum atomic E-state index is -0.466. The molecule has 0 aromatic rings. The maximum atomic E-state index is 11.8. The lowest BCUT2D eigenvalue weighted by Gasteiger charge is -2.28. The average molecular weight is 328 g/mol. The predicted molar refractivity (Wildman–Crippen MR) is 89.2 cm³/mol. The van der Waals surface area contributed by atoms with Gasteiger partial charge in [0, 0.05) is 12.6 Å². The van der Waals surface area contributed by atoms with Gasteiger partial charge in [0.05, 0.1) is 12.5 Å². The number of carbonyl (C=O) groups is 2. The van der Waals surface area contributed by atoms with Crippen molar-refractivity contribution >= 4 is 12.1 Å². The molecule has 1 fully saturated rings. The molecule has 134 valence electrons. The molecule has 0 saturated heterocycles. The van der Waals surface area contributed by atoms with E-state index >= 15 is 0 Å². The van der Waals surface area contributed by atoms with Crippen molar-refractivity contribution < 1.29 is 19.1 Å². The molecule has 2 atom stereocenters. The van der Waals surface area contributed by atoms with Gasteiger partial charge < -0.3 is 20.1 Å². The van der Waals surface area contributed by atoms with Crippen molar-refractivity contribution in [1.82, 2.24) is 10.6 Å². The Bertz CT molecular complexity index is 379. The van der Waals surface area contributed by atoms with Gasteiger partial charge in [0.1, 0.15) is 5.60 Å². The van der Waals surface area contributed by atoms with Gasteiger partial charge in [-0.3, -0.25) is 4.79 Å². The van der Waals surface area contributed by atoms with Crippen LogP contribution in [0.4, 0.5) is 4.79 Å². The van der Waals surface area contributed by atoms with Crippen molar-refractivity contribution in [3.63, 3.8) is 0 Å².